The van der Waals surface area contributed by atoms with Gasteiger partial charge in [0.25, 0.3) is 5.91 Å². The molecule has 6 nitrogen and oxygen atoms in total. The molecule has 2 amide bonds. The second kappa shape index (κ2) is 10.8. The van der Waals surface area contributed by atoms with Gasteiger partial charge in [0, 0.05) is 54.1 Å². The molecule has 2 rings (SSSR count). The topological polar surface area (TPSA) is 64.7 Å². The lowest BCUT2D eigenvalue weighted by molar-refractivity contribution is -0.117. The van der Waals surface area contributed by atoms with Crippen molar-refractivity contribution in [1.82, 2.24) is 15.5 Å². The number of hydrogen-bond acceptors (Lipinski definition) is 4. The molecule has 0 atom stereocenters. The fourth-order valence-electron chi connectivity index (χ4n) is 4.25. The summed E-state index contributed by atoms with van der Waals surface area (Å²) >= 11 is 6.41. The Morgan fingerprint density at radius 1 is 1.17 bits per heavy atom. The number of hydrogen-bond donors (Lipinski definition) is 2. The normalized spacial score (nSPS) is 18.8. The fraction of sp³-hybridized carbons (Fsp3) is 0.565. The Morgan fingerprint density at radius 2 is 1.77 bits per heavy atom. The van der Waals surface area contributed by atoms with Gasteiger partial charge in [0.15, 0.2) is 0 Å². The molecule has 1 fully saturated rings. The van der Waals surface area contributed by atoms with Crippen LogP contribution in [0.4, 0.5) is 5.69 Å². The molecule has 1 aromatic rings. The summed E-state index contributed by atoms with van der Waals surface area (Å²) in [6, 6.07) is 4.72. The number of carbonyl (C=O) groups excluding carboxylic acids is 2. The van der Waals surface area contributed by atoms with E-state index in [0.29, 0.717) is 28.2 Å². The van der Waals surface area contributed by atoms with Crippen LogP contribution in [0.25, 0.3) is 0 Å². The third kappa shape index (κ3) is 5.76. The third-order valence-corrected chi connectivity index (χ3v) is 6.31. The van der Waals surface area contributed by atoms with E-state index in [-0.39, 0.29) is 18.4 Å². The van der Waals surface area contributed by atoms with Gasteiger partial charge in [-0.25, -0.2) is 0 Å². The van der Waals surface area contributed by atoms with Gasteiger partial charge in [-0.3, -0.25) is 9.59 Å². The largest absolute Gasteiger partial charge is 0.369 e. The molecule has 0 unspecified atom stereocenters. The van der Waals surface area contributed by atoms with Gasteiger partial charge in [-0.2, -0.15) is 0 Å². The molecule has 1 saturated carbocycles. The lowest BCUT2D eigenvalue weighted by atomic mass is 9.89. The Balaban J connectivity index is 2.20. The summed E-state index contributed by atoms with van der Waals surface area (Å²) in [6.07, 6.45) is 4.58. The van der Waals surface area contributed by atoms with E-state index in [2.05, 4.69) is 48.0 Å². The molecule has 7 heteroatoms. The molecule has 2 N–H and O–H groups in total. The molecule has 1 aliphatic carbocycles. The number of anilines is 1. The van der Waals surface area contributed by atoms with Crippen molar-refractivity contribution in [1.29, 1.82) is 0 Å². The minimum atomic E-state index is -0.288. The predicted molar refractivity (Wildman–Crippen MR) is 124 cm³/mol. The second-order valence-electron chi connectivity index (χ2n) is 8.17. The molecule has 30 heavy (non-hydrogen) atoms. The van der Waals surface area contributed by atoms with Crippen LogP contribution in [0.5, 0.6) is 0 Å². The number of halogens is 1. The lowest BCUT2D eigenvalue weighted by Gasteiger charge is -2.40. The molecule has 0 spiro atoms. The lowest BCUT2D eigenvalue weighted by Crippen LogP contribution is -2.42. The molecule has 1 aliphatic rings. The molecule has 0 radical (unpaired) electrons. The standard InChI is InChI=1S/C23H35ClN4O2/c1-7-28(19-10-8-18(9-11-19)27(5)6)21-13-17(24)12-20(16(21)3)23(30)26-14-15(2)22(29)25-4/h12-13,18-19H,2,7-11,14H2,1,3-6H3,(H,25,29)(H,26,30). The van der Waals surface area contributed by atoms with Crippen LogP contribution in [0.15, 0.2) is 24.3 Å². The number of likely N-dealkylation sites (N-methyl/N-ethyl adjacent to an activating group) is 1. The maximum atomic E-state index is 12.8. The second-order valence-corrected chi connectivity index (χ2v) is 8.61. The van der Waals surface area contributed by atoms with Crippen LogP contribution < -0.4 is 15.5 Å². The van der Waals surface area contributed by atoms with Gasteiger partial charge in [0.1, 0.15) is 0 Å². The van der Waals surface area contributed by atoms with Gasteiger partial charge in [-0.15, -0.1) is 0 Å². The van der Waals surface area contributed by atoms with E-state index in [9.17, 15) is 9.59 Å². The summed E-state index contributed by atoms with van der Waals surface area (Å²) in [6.45, 7) is 8.75. The Labute approximate surface area is 185 Å². The highest BCUT2D eigenvalue weighted by molar-refractivity contribution is 6.31. The van der Waals surface area contributed by atoms with Crippen LogP contribution >= 0.6 is 11.6 Å². The monoisotopic (exact) mass is 434 g/mol. The van der Waals surface area contributed by atoms with E-state index in [1.165, 1.54) is 19.9 Å². The highest BCUT2D eigenvalue weighted by atomic mass is 35.5. The maximum Gasteiger partial charge on any atom is 0.251 e. The third-order valence-electron chi connectivity index (χ3n) is 6.09. The first-order valence-corrected chi connectivity index (χ1v) is 11.0. The molecule has 0 heterocycles. The van der Waals surface area contributed by atoms with E-state index in [1.807, 2.05) is 13.0 Å². The van der Waals surface area contributed by atoms with Crippen molar-refractivity contribution in [2.24, 2.45) is 0 Å². The highest BCUT2D eigenvalue weighted by Gasteiger charge is 2.28. The average Bonchev–Trinajstić information content (AvgIpc) is 2.74. The summed E-state index contributed by atoms with van der Waals surface area (Å²) in [5.74, 6) is -0.544. The van der Waals surface area contributed by atoms with Crippen molar-refractivity contribution in [2.75, 3.05) is 39.1 Å². The number of nitrogens with zero attached hydrogens (tertiary/aromatic N) is 2. The summed E-state index contributed by atoms with van der Waals surface area (Å²) in [4.78, 5) is 29.1. The zero-order valence-electron chi connectivity index (χ0n) is 18.8. The first-order valence-electron chi connectivity index (χ1n) is 10.6. The van der Waals surface area contributed by atoms with Crippen molar-refractivity contribution in [3.63, 3.8) is 0 Å². The molecule has 0 bridgehead atoms. The van der Waals surface area contributed by atoms with Crippen LogP contribution in [-0.4, -0.2) is 63.0 Å². The van der Waals surface area contributed by atoms with Crippen LogP contribution in [0.1, 0.15) is 48.5 Å². The maximum absolute atomic E-state index is 12.8. The van der Waals surface area contributed by atoms with Crippen molar-refractivity contribution in [2.45, 2.75) is 51.6 Å². The van der Waals surface area contributed by atoms with Gasteiger partial charge >= 0.3 is 0 Å². The van der Waals surface area contributed by atoms with Crippen molar-refractivity contribution >= 4 is 29.1 Å². The molecular weight excluding hydrogens is 400 g/mol. The van der Waals surface area contributed by atoms with E-state index in [0.717, 1.165) is 30.6 Å². The van der Waals surface area contributed by atoms with E-state index < -0.39 is 0 Å². The van der Waals surface area contributed by atoms with Crippen molar-refractivity contribution in [3.8, 4) is 0 Å². The van der Waals surface area contributed by atoms with Crippen LogP contribution in [-0.2, 0) is 4.79 Å². The summed E-state index contributed by atoms with van der Waals surface area (Å²) < 4.78 is 0. The highest BCUT2D eigenvalue weighted by Crippen LogP contribution is 2.34. The van der Waals surface area contributed by atoms with Gasteiger partial charge in [-0.1, -0.05) is 18.2 Å². The number of nitrogens with one attached hydrogen (secondary N) is 2. The molecule has 0 saturated heterocycles. The van der Waals surface area contributed by atoms with Gasteiger partial charge in [-0.05, 0) is 71.3 Å². The zero-order valence-corrected chi connectivity index (χ0v) is 19.6. The first kappa shape index (κ1) is 24.2. The summed E-state index contributed by atoms with van der Waals surface area (Å²) in [5, 5.41) is 5.82. The molecular formula is C23H35ClN4O2. The molecule has 0 aromatic heterocycles. The Hall–Kier alpha value is -2.05. The van der Waals surface area contributed by atoms with Crippen LogP contribution in [0.2, 0.25) is 5.02 Å². The van der Waals surface area contributed by atoms with E-state index >= 15 is 0 Å². The van der Waals surface area contributed by atoms with Gasteiger partial charge < -0.3 is 20.4 Å². The zero-order chi connectivity index (χ0) is 22.4. The predicted octanol–water partition coefficient (Wildman–Crippen LogP) is 3.38. The molecule has 1 aromatic carbocycles. The fourth-order valence-corrected chi connectivity index (χ4v) is 4.46. The number of carbonyl (C=O) groups is 2. The minimum absolute atomic E-state index is 0.0891. The minimum Gasteiger partial charge on any atom is -0.369 e. The number of amides is 2. The smallest absolute Gasteiger partial charge is 0.251 e. The summed E-state index contributed by atoms with van der Waals surface area (Å²) in [5.41, 5.74) is 2.74. The first-order chi connectivity index (χ1) is 14.2. The van der Waals surface area contributed by atoms with Crippen molar-refractivity contribution < 1.29 is 9.59 Å². The number of rotatable bonds is 8. The summed E-state index contributed by atoms with van der Waals surface area (Å²) in [7, 11) is 5.83. The van der Waals surface area contributed by atoms with Crippen LogP contribution in [0, 0.1) is 6.92 Å². The van der Waals surface area contributed by atoms with Gasteiger partial charge in [0.05, 0.1) is 0 Å². The Morgan fingerprint density at radius 3 is 2.30 bits per heavy atom. The number of benzene rings is 1. The molecule has 166 valence electrons. The van der Waals surface area contributed by atoms with E-state index in [1.54, 1.807) is 6.07 Å². The van der Waals surface area contributed by atoms with E-state index in [4.69, 9.17) is 11.6 Å². The molecule has 0 aliphatic heterocycles. The Kier molecular flexibility index (Phi) is 8.74. The van der Waals surface area contributed by atoms with Crippen LogP contribution in [0.3, 0.4) is 0 Å². The SMILES string of the molecule is C=C(CNC(=O)c1cc(Cl)cc(N(CC)C2CCC(N(C)C)CC2)c1C)C(=O)NC. The van der Waals surface area contributed by atoms with Crippen molar-refractivity contribution in [3.05, 3.63) is 40.4 Å². The van der Waals surface area contributed by atoms with Gasteiger partial charge in [0.2, 0.25) is 5.91 Å². The average molecular weight is 435 g/mol. The Bertz CT molecular complexity index is 786. The quantitative estimate of drug-likeness (QED) is 0.615.